The van der Waals surface area contributed by atoms with Gasteiger partial charge in [0, 0.05) is 18.2 Å². The Morgan fingerprint density at radius 2 is 1.80 bits per heavy atom. The zero-order valence-corrected chi connectivity index (χ0v) is 15.9. The van der Waals surface area contributed by atoms with Crippen LogP contribution in [0.5, 0.6) is 5.75 Å². The summed E-state index contributed by atoms with van der Waals surface area (Å²) in [5.41, 5.74) is 2.07. The van der Waals surface area contributed by atoms with Crippen molar-refractivity contribution in [3.05, 3.63) is 66.4 Å². The molecular weight excluding hydrogens is 397 g/mol. The second-order valence-electron chi connectivity index (χ2n) is 7.06. The van der Waals surface area contributed by atoms with Crippen LogP contribution in [0.1, 0.15) is 18.4 Å². The first kappa shape index (κ1) is 19.9. The Balaban J connectivity index is 1.44. The van der Waals surface area contributed by atoms with Crippen LogP contribution < -0.4 is 4.74 Å². The molecule has 9 heteroatoms. The molecule has 1 aliphatic carbocycles. The molecule has 0 spiro atoms. The second kappa shape index (κ2) is 8.17. The molecule has 4 rings (SSSR count). The second-order valence-corrected chi connectivity index (χ2v) is 7.06. The fourth-order valence-corrected chi connectivity index (χ4v) is 3.16. The maximum absolute atomic E-state index is 12.9. The number of benzene rings is 2. The highest BCUT2D eigenvalue weighted by Gasteiger charge is 2.34. The van der Waals surface area contributed by atoms with Gasteiger partial charge in [0.2, 0.25) is 0 Å². The minimum Gasteiger partial charge on any atom is -0.406 e. The van der Waals surface area contributed by atoms with E-state index in [1.165, 1.54) is 35.1 Å². The van der Waals surface area contributed by atoms with Gasteiger partial charge in [0.25, 0.3) is 0 Å². The minimum absolute atomic E-state index is 0.202. The van der Waals surface area contributed by atoms with Gasteiger partial charge >= 0.3 is 12.4 Å². The highest BCUT2D eigenvalue weighted by atomic mass is 19.4. The third-order valence-electron chi connectivity index (χ3n) is 4.79. The molecule has 0 unspecified atom stereocenters. The molecule has 0 saturated heterocycles. The molecule has 2 aromatic carbocycles. The number of alkyl halides is 3. The Morgan fingerprint density at radius 1 is 1.10 bits per heavy atom. The molecule has 30 heavy (non-hydrogen) atoms. The van der Waals surface area contributed by atoms with Gasteiger partial charge in [0.05, 0.1) is 6.20 Å². The van der Waals surface area contributed by atoms with Crippen LogP contribution in [0.4, 0.5) is 18.0 Å². The number of aromatic nitrogens is 3. The predicted octanol–water partition coefficient (Wildman–Crippen LogP) is 4.52. The first-order valence-corrected chi connectivity index (χ1v) is 9.52. The fraction of sp³-hybridized carbons (Fsp3) is 0.286. The summed E-state index contributed by atoms with van der Waals surface area (Å²) >= 11 is 0. The number of rotatable bonds is 6. The van der Waals surface area contributed by atoms with Crippen LogP contribution >= 0.6 is 0 Å². The van der Waals surface area contributed by atoms with Gasteiger partial charge in [0.15, 0.2) is 0 Å². The number of nitrogens with zero attached hydrogens (tertiary/aromatic N) is 4. The van der Waals surface area contributed by atoms with Crippen molar-refractivity contribution in [2.45, 2.75) is 31.7 Å². The van der Waals surface area contributed by atoms with E-state index in [1.807, 2.05) is 30.3 Å². The molecule has 1 fully saturated rings. The molecule has 1 aromatic heterocycles. The topological polar surface area (TPSA) is 60.2 Å². The number of carbonyl (C=O) groups excluding carboxylic acids is 1. The smallest absolute Gasteiger partial charge is 0.406 e. The van der Waals surface area contributed by atoms with E-state index in [2.05, 4.69) is 15.0 Å². The predicted molar refractivity (Wildman–Crippen MR) is 103 cm³/mol. The van der Waals surface area contributed by atoms with Crippen molar-refractivity contribution in [1.82, 2.24) is 19.9 Å². The van der Waals surface area contributed by atoms with E-state index in [-0.39, 0.29) is 17.8 Å². The van der Waals surface area contributed by atoms with Crippen molar-refractivity contribution in [1.29, 1.82) is 0 Å². The Bertz CT molecular complexity index is 999. The van der Waals surface area contributed by atoms with E-state index in [0.29, 0.717) is 17.8 Å². The van der Waals surface area contributed by atoms with Gasteiger partial charge in [0.1, 0.15) is 11.4 Å². The molecule has 0 aliphatic heterocycles. The van der Waals surface area contributed by atoms with Gasteiger partial charge in [-0.25, -0.2) is 4.79 Å². The standard InChI is InChI=1S/C21H19F3N4O2/c22-21(23,24)30-18-10-6-16(7-11-18)19-14-28(26-25-19)20(29)27(17-8-9-17)13-12-15-4-2-1-3-5-15/h1-7,10-11,14,17H,8-9,12-13H2. The third kappa shape index (κ3) is 4.97. The molecule has 3 aromatic rings. The maximum atomic E-state index is 12.9. The number of ether oxygens (including phenoxy) is 1. The largest absolute Gasteiger partial charge is 0.573 e. The van der Waals surface area contributed by atoms with Crippen molar-refractivity contribution < 1.29 is 22.7 Å². The van der Waals surface area contributed by atoms with E-state index in [4.69, 9.17) is 0 Å². The molecule has 1 heterocycles. The van der Waals surface area contributed by atoms with Crippen LogP contribution in [-0.4, -0.2) is 44.9 Å². The molecule has 0 N–H and O–H groups in total. The molecule has 156 valence electrons. The lowest BCUT2D eigenvalue weighted by Gasteiger charge is -2.21. The number of hydrogen-bond acceptors (Lipinski definition) is 4. The summed E-state index contributed by atoms with van der Waals surface area (Å²) in [7, 11) is 0. The Morgan fingerprint density at radius 3 is 2.43 bits per heavy atom. The third-order valence-corrected chi connectivity index (χ3v) is 4.79. The molecule has 1 saturated carbocycles. The number of hydrogen-bond donors (Lipinski definition) is 0. The Kier molecular flexibility index (Phi) is 5.43. The van der Waals surface area contributed by atoms with Gasteiger partial charge in [-0.15, -0.1) is 18.3 Å². The molecular formula is C21H19F3N4O2. The molecule has 1 aliphatic rings. The summed E-state index contributed by atoms with van der Waals surface area (Å²) in [5, 5.41) is 7.92. The summed E-state index contributed by atoms with van der Waals surface area (Å²) < 4.78 is 41.9. The van der Waals surface area contributed by atoms with E-state index in [9.17, 15) is 18.0 Å². The minimum atomic E-state index is -4.75. The zero-order valence-electron chi connectivity index (χ0n) is 15.9. The highest BCUT2D eigenvalue weighted by molar-refractivity contribution is 5.77. The first-order chi connectivity index (χ1) is 14.4. The summed E-state index contributed by atoms with van der Waals surface area (Å²) in [6, 6.07) is 15.1. The van der Waals surface area contributed by atoms with E-state index >= 15 is 0 Å². The first-order valence-electron chi connectivity index (χ1n) is 9.52. The monoisotopic (exact) mass is 416 g/mol. The number of carbonyl (C=O) groups is 1. The SMILES string of the molecule is O=C(N(CCc1ccccc1)C1CC1)n1cc(-c2ccc(OC(F)(F)F)cc2)nn1. The molecule has 6 nitrogen and oxygen atoms in total. The quantitative estimate of drug-likeness (QED) is 0.593. The van der Waals surface area contributed by atoms with Crippen LogP contribution in [0.25, 0.3) is 11.3 Å². The summed E-state index contributed by atoms with van der Waals surface area (Å²) in [6.45, 7) is 0.576. The van der Waals surface area contributed by atoms with Crippen molar-refractivity contribution in [2.75, 3.05) is 6.54 Å². The van der Waals surface area contributed by atoms with E-state index < -0.39 is 6.36 Å². The maximum Gasteiger partial charge on any atom is 0.573 e. The summed E-state index contributed by atoms with van der Waals surface area (Å²) in [5.74, 6) is -0.324. The van der Waals surface area contributed by atoms with Crippen molar-refractivity contribution in [3.63, 3.8) is 0 Å². The van der Waals surface area contributed by atoms with Crippen LogP contribution in [0.2, 0.25) is 0 Å². The van der Waals surface area contributed by atoms with Crippen LogP contribution in [0, 0.1) is 0 Å². The van der Waals surface area contributed by atoms with Gasteiger partial charge in [-0.05, 0) is 49.1 Å². The van der Waals surface area contributed by atoms with Gasteiger partial charge in [-0.1, -0.05) is 35.5 Å². The van der Waals surface area contributed by atoms with Crippen LogP contribution in [0.3, 0.4) is 0 Å². The normalized spacial score (nSPS) is 13.8. The summed E-state index contributed by atoms with van der Waals surface area (Å²) in [6.07, 6.45) is -0.597. The number of halogens is 3. The van der Waals surface area contributed by atoms with Crippen molar-refractivity contribution >= 4 is 6.03 Å². The highest BCUT2D eigenvalue weighted by Crippen LogP contribution is 2.28. The van der Waals surface area contributed by atoms with Crippen LogP contribution in [0.15, 0.2) is 60.8 Å². The lowest BCUT2D eigenvalue weighted by molar-refractivity contribution is -0.274. The fourth-order valence-electron chi connectivity index (χ4n) is 3.16. The van der Waals surface area contributed by atoms with Gasteiger partial charge in [-0.2, -0.15) is 4.68 Å². The summed E-state index contributed by atoms with van der Waals surface area (Å²) in [4.78, 5) is 14.7. The molecule has 1 amide bonds. The average Bonchev–Trinajstić information content (AvgIpc) is 3.43. The zero-order chi connectivity index (χ0) is 21.1. The molecule has 0 atom stereocenters. The van der Waals surface area contributed by atoms with Crippen LogP contribution in [-0.2, 0) is 6.42 Å². The Hall–Kier alpha value is -3.36. The molecule has 0 radical (unpaired) electrons. The molecule has 0 bridgehead atoms. The van der Waals surface area contributed by atoms with Gasteiger partial charge in [-0.3, -0.25) is 0 Å². The van der Waals surface area contributed by atoms with E-state index in [0.717, 1.165) is 24.8 Å². The van der Waals surface area contributed by atoms with Crippen molar-refractivity contribution in [2.24, 2.45) is 0 Å². The Labute approximate surface area is 170 Å². The lowest BCUT2D eigenvalue weighted by Crippen LogP contribution is -2.38. The van der Waals surface area contributed by atoms with Gasteiger partial charge < -0.3 is 9.64 Å². The number of amides is 1. The lowest BCUT2D eigenvalue weighted by atomic mass is 10.1. The van der Waals surface area contributed by atoms with E-state index in [1.54, 1.807) is 4.90 Å². The van der Waals surface area contributed by atoms with Crippen molar-refractivity contribution in [3.8, 4) is 17.0 Å². The average molecular weight is 416 g/mol.